The summed E-state index contributed by atoms with van der Waals surface area (Å²) in [6.45, 7) is 0. The Bertz CT molecular complexity index is 1820. The van der Waals surface area contributed by atoms with Crippen molar-refractivity contribution in [2.45, 2.75) is 18.9 Å². The Morgan fingerprint density at radius 3 is 2.26 bits per heavy atom. The molecule has 0 radical (unpaired) electrons. The van der Waals surface area contributed by atoms with Gasteiger partial charge in [0.1, 0.15) is 17.9 Å². The second kappa shape index (κ2) is 9.74. The van der Waals surface area contributed by atoms with Crippen LogP contribution in [0.3, 0.4) is 0 Å². The van der Waals surface area contributed by atoms with Crippen LogP contribution in [0.4, 0.5) is 0 Å². The molecule has 39 heavy (non-hydrogen) atoms. The number of nitrogens with zero attached hydrogens (tertiary/aromatic N) is 1. The molecular weight excluding hydrogens is 520 g/mol. The SMILES string of the molecule is Cn1cc(-c2coc3cc(O)c(O)c(C(=O)N[C@@H](CCC(=O)O)C(=O)O)c3c2=O)c(=O)c2cc(O)c(O)cc21. The fourth-order valence-corrected chi connectivity index (χ4v) is 4.12. The number of aryl methyl sites for hydroxylation is 1. The zero-order valence-corrected chi connectivity index (χ0v) is 20.0. The number of aromatic nitrogens is 1. The van der Waals surface area contributed by atoms with E-state index in [0.717, 1.165) is 24.5 Å². The lowest BCUT2D eigenvalue weighted by atomic mass is 10.00. The highest BCUT2D eigenvalue weighted by atomic mass is 16.4. The second-order valence-electron chi connectivity index (χ2n) is 8.61. The van der Waals surface area contributed by atoms with Crippen LogP contribution in [0.5, 0.6) is 23.0 Å². The van der Waals surface area contributed by atoms with E-state index in [1.165, 1.54) is 17.8 Å². The highest BCUT2D eigenvalue weighted by molar-refractivity contribution is 6.10. The molecule has 0 aliphatic carbocycles. The van der Waals surface area contributed by atoms with Crippen molar-refractivity contribution in [3.8, 4) is 34.1 Å². The maximum atomic E-state index is 13.6. The van der Waals surface area contributed by atoms with Crippen molar-refractivity contribution in [2.75, 3.05) is 0 Å². The van der Waals surface area contributed by atoms with Crippen LogP contribution in [0.15, 0.2) is 44.7 Å². The average Bonchev–Trinajstić information content (AvgIpc) is 2.86. The maximum absolute atomic E-state index is 13.6. The van der Waals surface area contributed by atoms with E-state index < -0.39 is 81.5 Å². The van der Waals surface area contributed by atoms with Crippen molar-refractivity contribution in [3.63, 3.8) is 0 Å². The molecule has 202 valence electrons. The summed E-state index contributed by atoms with van der Waals surface area (Å²) in [7, 11) is 1.50. The van der Waals surface area contributed by atoms with Gasteiger partial charge in [0.15, 0.2) is 28.4 Å². The predicted octanol–water partition coefficient (Wildman–Crippen LogP) is 1.18. The molecule has 0 saturated carbocycles. The Morgan fingerprint density at radius 2 is 1.62 bits per heavy atom. The number of amides is 1. The number of carboxylic acid groups (broad SMARTS) is 2. The lowest BCUT2D eigenvalue weighted by Gasteiger charge is -2.16. The lowest BCUT2D eigenvalue weighted by molar-refractivity contribution is -0.140. The minimum Gasteiger partial charge on any atom is -0.504 e. The lowest BCUT2D eigenvalue weighted by Crippen LogP contribution is -2.41. The zero-order chi connectivity index (χ0) is 28.8. The van der Waals surface area contributed by atoms with E-state index >= 15 is 0 Å². The first-order valence-corrected chi connectivity index (χ1v) is 11.1. The number of carboxylic acids is 2. The van der Waals surface area contributed by atoms with E-state index in [-0.39, 0.29) is 27.6 Å². The molecular formula is C25H20N2O12. The quantitative estimate of drug-likeness (QED) is 0.164. The molecule has 0 aliphatic heterocycles. The minimum absolute atomic E-state index is 0.0703. The number of carbonyl (C=O) groups excluding carboxylic acids is 1. The highest BCUT2D eigenvalue weighted by Gasteiger charge is 2.28. The van der Waals surface area contributed by atoms with Crippen LogP contribution in [0.25, 0.3) is 33.0 Å². The van der Waals surface area contributed by atoms with Gasteiger partial charge in [0.2, 0.25) is 5.43 Å². The number of hydrogen-bond donors (Lipinski definition) is 7. The van der Waals surface area contributed by atoms with Gasteiger partial charge >= 0.3 is 11.9 Å². The normalized spacial score (nSPS) is 11.9. The van der Waals surface area contributed by atoms with Gasteiger partial charge in [0.05, 0.1) is 33.0 Å². The van der Waals surface area contributed by atoms with Gasteiger partial charge in [0.25, 0.3) is 5.91 Å². The van der Waals surface area contributed by atoms with Gasteiger partial charge in [-0.15, -0.1) is 0 Å². The molecule has 7 N–H and O–H groups in total. The van der Waals surface area contributed by atoms with Crippen LogP contribution in [0.2, 0.25) is 0 Å². The van der Waals surface area contributed by atoms with E-state index in [1.54, 1.807) is 0 Å². The van der Waals surface area contributed by atoms with Crippen molar-refractivity contribution < 1.29 is 49.4 Å². The Kier molecular flexibility index (Phi) is 6.62. The van der Waals surface area contributed by atoms with Crippen LogP contribution in [0, 0.1) is 0 Å². The smallest absolute Gasteiger partial charge is 0.326 e. The second-order valence-corrected chi connectivity index (χ2v) is 8.61. The molecule has 14 heteroatoms. The van der Waals surface area contributed by atoms with Gasteiger partial charge in [0, 0.05) is 31.8 Å². The van der Waals surface area contributed by atoms with Crippen molar-refractivity contribution in [1.82, 2.24) is 9.88 Å². The molecule has 2 aromatic heterocycles. The fourth-order valence-electron chi connectivity index (χ4n) is 4.12. The summed E-state index contributed by atoms with van der Waals surface area (Å²) in [6, 6.07) is 1.26. The number of benzene rings is 2. The van der Waals surface area contributed by atoms with Gasteiger partial charge < -0.3 is 44.9 Å². The first-order valence-electron chi connectivity index (χ1n) is 11.1. The molecule has 0 fully saturated rings. The molecule has 1 amide bonds. The summed E-state index contributed by atoms with van der Waals surface area (Å²) in [6.07, 6.45) is 0.988. The van der Waals surface area contributed by atoms with Crippen molar-refractivity contribution in [2.24, 2.45) is 7.05 Å². The standard InChI is InChI=1S/C25H20N2O12/c1-27-7-10(21(33)9-4-14(28)15(29)5-13(9)27)11-8-39-17-6-16(30)23(35)20(19(17)22(11)34)24(36)26-12(25(37)38)2-3-18(31)32/h4-8,12,28-30,35H,2-3H2,1H3,(H,26,36)(H,31,32)(H,37,38)/t12-/m0/s1. The molecule has 0 saturated heterocycles. The third-order valence-corrected chi connectivity index (χ3v) is 6.07. The van der Waals surface area contributed by atoms with Gasteiger partial charge in [-0.3, -0.25) is 19.2 Å². The van der Waals surface area contributed by atoms with Crippen molar-refractivity contribution in [3.05, 3.63) is 56.7 Å². The zero-order valence-electron chi connectivity index (χ0n) is 20.0. The number of rotatable bonds is 7. The van der Waals surface area contributed by atoms with Crippen LogP contribution >= 0.6 is 0 Å². The Hall–Kier alpha value is -5.53. The molecule has 2 aromatic carbocycles. The van der Waals surface area contributed by atoms with E-state index in [1.807, 2.05) is 5.32 Å². The molecule has 0 spiro atoms. The third-order valence-electron chi connectivity index (χ3n) is 6.07. The third kappa shape index (κ3) is 4.66. The maximum Gasteiger partial charge on any atom is 0.326 e. The van der Waals surface area contributed by atoms with Crippen LogP contribution < -0.4 is 16.2 Å². The van der Waals surface area contributed by atoms with Gasteiger partial charge in [-0.25, -0.2) is 4.79 Å². The van der Waals surface area contributed by atoms with Crippen LogP contribution in [-0.4, -0.2) is 59.1 Å². The Balaban J connectivity index is 1.95. The Morgan fingerprint density at radius 1 is 0.949 bits per heavy atom. The number of phenols is 4. The molecule has 4 aromatic rings. The first-order chi connectivity index (χ1) is 18.3. The predicted molar refractivity (Wildman–Crippen MR) is 133 cm³/mol. The number of hydrogen-bond acceptors (Lipinski definition) is 10. The van der Waals surface area contributed by atoms with E-state index in [4.69, 9.17) is 9.52 Å². The fraction of sp³-hybridized carbons (Fsp3) is 0.160. The summed E-state index contributed by atoms with van der Waals surface area (Å²) in [4.78, 5) is 62.3. The summed E-state index contributed by atoms with van der Waals surface area (Å²) in [5.74, 6) is -7.27. The number of aromatic hydroxyl groups is 4. The summed E-state index contributed by atoms with van der Waals surface area (Å²) in [5, 5.41) is 59.8. The topological polar surface area (TPSA) is 237 Å². The monoisotopic (exact) mass is 540 g/mol. The minimum atomic E-state index is -1.72. The van der Waals surface area contributed by atoms with Crippen LogP contribution in [0.1, 0.15) is 23.2 Å². The molecule has 0 unspecified atom stereocenters. The number of phenolic OH excluding ortho intramolecular Hbond substituents is 4. The summed E-state index contributed by atoms with van der Waals surface area (Å²) in [5.41, 5.74) is -3.41. The number of carbonyl (C=O) groups is 3. The van der Waals surface area contributed by atoms with Gasteiger partial charge in [-0.2, -0.15) is 0 Å². The largest absolute Gasteiger partial charge is 0.504 e. The van der Waals surface area contributed by atoms with Gasteiger partial charge in [-0.05, 0) is 12.5 Å². The summed E-state index contributed by atoms with van der Waals surface area (Å²) >= 11 is 0. The Labute approximate surface area is 216 Å². The number of pyridine rings is 1. The first kappa shape index (κ1) is 26.5. The molecule has 14 nitrogen and oxygen atoms in total. The van der Waals surface area contributed by atoms with Gasteiger partial charge in [-0.1, -0.05) is 0 Å². The van der Waals surface area contributed by atoms with Crippen molar-refractivity contribution >= 4 is 39.7 Å². The molecule has 0 bridgehead atoms. The van der Waals surface area contributed by atoms with Crippen LogP contribution in [-0.2, 0) is 16.6 Å². The highest BCUT2D eigenvalue weighted by Crippen LogP contribution is 2.36. The molecule has 4 rings (SSSR count). The number of aliphatic carboxylic acids is 2. The van der Waals surface area contributed by atoms with E-state index in [2.05, 4.69) is 0 Å². The molecule has 0 aliphatic rings. The average molecular weight is 540 g/mol. The van der Waals surface area contributed by atoms with Crippen molar-refractivity contribution in [1.29, 1.82) is 0 Å². The van der Waals surface area contributed by atoms with E-state index in [9.17, 15) is 49.5 Å². The summed E-state index contributed by atoms with van der Waals surface area (Å²) < 4.78 is 6.79. The molecule has 1 atom stereocenters. The van der Waals surface area contributed by atoms with E-state index in [0.29, 0.717) is 0 Å². The number of nitrogens with one attached hydrogen (secondary N) is 1. The molecule has 2 heterocycles. The number of fused-ring (bicyclic) bond motifs is 2.